The highest BCUT2D eigenvalue weighted by Gasteiger charge is 2.01. The standard InChI is InChI=1S/C13H14FN3O.C2H4/c14-7-10(8-15)9-18-12-3-1-11(2-4-12)13-16-5-6-17-13;1-2/h1-7H,8-9,15H2,(H,16,17);1-2H2/b10-7+;. The summed E-state index contributed by atoms with van der Waals surface area (Å²) in [5, 5.41) is 0. The monoisotopic (exact) mass is 275 g/mol. The maximum atomic E-state index is 12.3. The van der Waals surface area contributed by atoms with Gasteiger partial charge < -0.3 is 15.5 Å². The second-order valence-electron chi connectivity index (χ2n) is 3.72. The van der Waals surface area contributed by atoms with Gasteiger partial charge in [-0.25, -0.2) is 9.37 Å². The molecule has 0 spiro atoms. The van der Waals surface area contributed by atoms with E-state index in [9.17, 15) is 4.39 Å². The van der Waals surface area contributed by atoms with E-state index in [1.54, 1.807) is 12.4 Å². The summed E-state index contributed by atoms with van der Waals surface area (Å²) in [7, 11) is 0. The lowest BCUT2D eigenvalue weighted by Crippen LogP contribution is -2.10. The Hall–Kier alpha value is -2.40. The maximum absolute atomic E-state index is 12.3. The number of benzene rings is 1. The highest BCUT2D eigenvalue weighted by atomic mass is 19.1. The second-order valence-corrected chi connectivity index (χ2v) is 3.72. The van der Waals surface area contributed by atoms with Gasteiger partial charge in [0.15, 0.2) is 0 Å². The molecule has 1 heterocycles. The average Bonchev–Trinajstić information content (AvgIpc) is 3.05. The largest absolute Gasteiger partial charge is 0.489 e. The van der Waals surface area contributed by atoms with Crippen LogP contribution in [0, 0.1) is 0 Å². The molecular formula is C15H18FN3O. The number of rotatable bonds is 5. The van der Waals surface area contributed by atoms with Crippen LogP contribution in [-0.2, 0) is 0 Å². The van der Waals surface area contributed by atoms with E-state index >= 15 is 0 Å². The van der Waals surface area contributed by atoms with Crippen molar-refractivity contribution in [1.29, 1.82) is 0 Å². The quantitative estimate of drug-likeness (QED) is 0.824. The van der Waals surface area contributed by atoms with Gasteiger partial charge in [0.25, 0.3) is 0 Å². The van der Waals surface area contributed by atoms with Gasteiger partial charge >= 0.3 is 0 Å². The van der Waals surface area contributed by atoms with Crippen LogP contribution in [0.1, 0.15) is 0 Å². The number of aromatic amines is 1. The van der Waals surface area contributed by atoms with Gasteiger partial charge in [0.05, 0.1) is 6.33 Å². The Morgan fingerprint density at radius 3 is 2.55 bits per heavy atom. The van der Waals surface area contributed by atoms with E-state index in [0.29, 0.717) is 17.7 Å². The summed E-state index contributed by atoms with van der Waals surface area (Å²) in [6.07, 6.45) is 3.94. The summed E-state index contributed by atoms with van der Waals surface area (Å²) in [6, 6.07) is 7.39. The fourth-order valence-electron chi connectivity index (χ4n) is 1.44. The molecule has 0 saturated carbocycles. The molecule has 0 saturated heterocycles. The van der Waals surface area contributed by atoms with E-state index in [1.807, 2.05) is 24.3 Å². The Labute approximate surface area is 117 Å². The molecule has 20 heavy (non-hydrogen) atoms. The number of ether oxygens (including phenoxy) is 1. The number of aromatic nitrogens is 2. The minimum absolute atomic E-state index is 0.154. The number of H-pyrrole nitrogens is 1. The third-order valence-electron chi connectivity index (χ3n) is 2.47. The lowest BCUT2D eigenvalue weighted by molar-refractivity contribution is 0.347. The van der Waals surface area contributed by atoms with Crippen LogP contribution in [0.3, 0.4) is 0 Å². The number of nitrogens with two attached hydrogens (primary N) is 1. The summed E-state index contributed by atoms with van der Waals surface area (Å²) < 4.78 is 17.7. The molecular weight excluding hydrogens is 257 g/mol. The predicted octanol–water partition coefficient (Wildman–Crippen LogP) is 3.07. The number of imidazole rings is 1. The molecule has 2 rings (SSSR count). The molecule has 0 aliphatic rings. The Kier molecular flexibility index (Phi) is 6.78. The highest BCUT2D eigenvalue weighted by Crippen LogP contribution is 2.19. The highest BCUT2D eigenvalue weighted by molar-refractivity contribution is 5.55. The Morgan fingerprint density at radius 2 is 2.05 bits per heavy atom. The van der Waals surface area contributed by atoms with Crippen molar-refractivity contribution in [1.82, 2.24) is 9.97 Å². The van der Waals surface area contributed by atoms with Gasteiger partial charge in [-0.3, -0.25) is 0 Å². The van der Waals surface area contributed by atoms with Gasteiger partial charge in [0, 0.05) is 30.1 Å². The fourth-order valence-corrected chi connectivity index (χ4v) is 1.44. The van der Waals surface area contributed by atoms with Gasteiger partial charge in [-0.15, -0.1) is 13.2 Å². The summed E-state index contributed by atoms with van der Waals surface area (Å²) in [5.41, 5.74) is 6.72. The normalized spacial score (nSPS) is 10.6. The minimum Gasteiger partial charge on any atom is -0.489 e. The van der Waals surface area contributed by atoms with E-state index in [-0.39, 0.29) is 13.2 Å². The van der Waals surface area contributed by atoms with Crippen molar-refractivity contribution in [2.75, 3.05) is 13.2 Å². The summed E-state index contributed by atoms with van der Waals surface area (Å²) in [4.78, 5) is 7.16. The van der Waals surface area contributed by atoms with E-state index < -0.39 is 0 Å². The third-order valence-corrected chi connectivity index (χ3v) is 2.47. The van der Waals surface area contributed by atoms with Crippen LogP contribution in [0.2, 0.25) is 0 Å². The van der Waals surface area contributed by atoms with Crippen molar-refractivity contribution in [3.05, 3.63) is 61.7 Å². The molecule has 5 heteroatoms. The maximum Gasteiger partial charge on any atom is 0.137 e. The summed E-state index contributed by atoms with van der Waals surface area (Å²) in [6.45, 7) is 6.31. The fraction of sp³-hybridized carbons (Fsp3) is 0.133. The van der Waals surface area contributed by atoms with Crippen LogP contribution in [0.15, 0.2) is 61.7 Å². The number of halogens is 1. The van der Waals surface area contributed by atoms with E-state index in [1.165, 1.54) is 0 Å². The van der Waals surface area contributed by atoms with Crippen LogP contribution in [-0.4, -0.2) is 23.1 Å². The first-order valence-corrected chi connectivity index (χ1v) is 6.04. The van der Waals surface area contributed by atoms with Crippen LogP contribution in [0.4, 0.5) is 4.39 Å². The lowest BCUT2D eigenvalue weighted by Gasteiger charge is -2.07. The predicted molar refractivity (Wildman–Crippen MR) is 79.0 cm³/mol. The first kappa shape index (κ1) is 15.7. The van der Waals surface area contributed by atoms with Crippen molar-refractivity contribution in [2.45, 2.75) is 0 Å². The van der Waals surface area contributed by atoms with Gasteiger partial charge in [0.2, 0.25) is 0 Å². The Bertz CT molecular complexity index is 521. The first-order valence-electron chi connectivity index (χ1n) is 6.04. The smallest absolute Gasteiger partial charge is 0.137 e. The number of hydrogen-bond acceptors (Lipinski definition) is 3. The Balaban J connectivity index is 0.000000956. The van der Waals surface area contributed by atoms with E-state index in [0.717, 1.165) is 11.4 Å². The van der Waals surface area contributed by atoms with Crippen LogP contribution >= 0.6 is 0 Å². The van der Waals surface area contributed by atoms with E-state index in [2.05, 4.69) is 23.1 Å². The number of nitrogens with zero attached hydrogens (tertiary/aromatic N) is 1. The second kappa shape index (κ2) is 8.66. The zero-order chi connectivity index (χ0) is 14.8. The molecule has 0 aliphatic heterocycles. The van der Waals surface area contributed by atoms with Crippen molar-refractivity contribution < 1.29 is 9.13 Å². The molecule has 4 nitrogen and oxygen atoms in total. The van der Waals surface area contributed by atoms with Crippen LogP contribution < -0.4 is 10.5 Å². The molecule has 1 aromatic carbocycles. The van der Waals surface area contributed by atoms with Crippen molar-refractivity contribution in [2.24, 2.45) is 5.73 Å². The van der Waals surface area contributed by atoms with Gasteiger partial charge in [-0.1, -0.05) is 0 Å². The summed E-state index contributed by atoms with van der Waals surface area (Å²) >= 11 is 0. The summed E-state index contributed by atoms with van der Waals surface area (Å²) in [5.74, 6) is 1.46. The molecule has 3 N–H and O–H groups in total. The van der Waals surface area contributed by atoms with Gasteiger partial charge in [-0.2, -0.15) is 0 Å². The molecule has 106 valence electrons. The third kappa shape index (κ3) is 4.37. The van der Waals surface area contributed by atoms with Crippen LogP contribution in [0.25, 0.3) is 11.4 Å². The molecule has 0 bridgehead atoms. The molecule has 0 aliphatic carbocycles. The minimum atomic E-state index is 0.154. The first-order chi connectivity index (χ1) is 9.83. The lowest BCUT2D eigenvalue weighted by atomic mass is 10.2. The molecule has 1 aromatic heterocycles. The van der Waals surface area contributed by atoms with Crippen molar-refractivity contribution in [3.8, 4) is 17.1 Å². The van der Waals surface area contributed by atoms with Gasteiger partial charge in [0.1, 0.15) is 18.2 Å². The molecule has 2 aromatic rings. The SMILES string of the molecule is C=C.NC/C(=C\F)COc1ccc(-c2ncc[nH]2)cc1. The average molecular weight is 275 g/mol. The zero-order valence-corrected chi connectivity index (χ0v) is 11.2. The number of hydrogen-bond donors (Lipinski definition) is 2. The van der Waals surface area contributed by atoms with Crippen molar-refractivity contribution in [3.63, 3.8) is 0 Å². The van der Waals surface area contributed by atoms with E-state index in [4.69, 9.17) is 10.5 Å². The van der Waals surface area contributed by atoms with Crippen LogP contribution in [0.5, 0.6) is 5.75 Å². The number of nitrogens with one attached hydrogen (secondary N) is 1. The molecule has 0 radical (unpaired) electrons. The van der Waals surface area contributed by atoms with Gasteiger partial charge in [-0.05, 0) is 24.3 Å². The van der Waals surface area contributed by atoms with Crippen molar-refractivity contribution >= 4 is 0 Å². The topological polar surface area (TPSA) is 63.9 Å². The molecule has 0 fully saturated rings. The molecule has 0 unspecified atom stereocenters. The molecule has 0 atom stereocenters. The zero-order valence-electron chi connectivity index (χ0n) is 11.2. The molecule has 0 amide bonds. The Morgan fingerprint density at radius 1 is 1.35 bits per heavy atom.